The summed E-state index contributed by atoms with van der Waals surface area (Å²) < 4.78 is 34.8. The fraction of sp³-hybridized carbons (Fsp3) is 0.500. The van der Waals surface area contributed by atoms with Crippen molar-refractivity contribution in [2.45, 2.75) is 19.0 Å². The van der Waals surface area contributed by atoms with Crippen molar-refractivity contribution < 1.29 is 17.9 Å². The number of sulfone groups is 1. The van der Waals surface area contributed by atoms with Crippen LogP contribution in [0.25, 0.3) is 0 Å². The molecule has 1 aromatic carbocycles. The molecule has 3 aliphatic heterocycles. The van der Waals surface area contributed by atoms with Crippen LogP contribution in [0.1, 0.15) is 6.92 Å². The lowest BCUT2D eigenvalue weighted by molar-refractivity contribution is 0.174. The van der Waals surface area contributed by atoms with Gasteiger partial charge in [-0.1, -0.05) is 0 Å². The molecule has 0 saturated carbocycles. The molecule has 3 aliphatic rings. The molecule has 2 atom stereocenters. The average molecular weight is 340 g/mol. The zero-order valence-electron chi connectivity index (χ0n) is 12.1. The first-order valence-electron chi connectivity index (χ1n) is 7.20. The molecule has 0 amide bonds. The Morgan fingerprint density at radius 1 is 1.23 bits per heavy atom. The second-order valence-electron chi connectivity index (χ2n) is 5.69. The molecule has 1 aromatic rings. The molecular formula is C14H16N2O4S2. The second kappa shape index (κ2) is 4.73. The fourth-order valence-corrected chi connectivity index (χ4v) is 5.94. The summed E-state index contributed by atoms with van der Waals surface area (Å²) in [5.74, 6) is 1.69. The van der Waals surface area contributed by atoms with Crippen LogP contribution in [-0.2, 0) is 9.84 Å². The Morgan fingerprint density at radius 3 is 2.73 bits per heavy atom. The Hall–Kier alpha value is -1.54. The average Bonchev–Trinajstić information content (AvgIpc) is 3.09. The van der Waals surface area contributed by atoms with Gasteiger partial charge in [0, 0.05) is 18.3 Å². The highest BCUT2D eigenvalue weighted by Gasteiger charge is 2.51. The van der Waals surface area contributed by atoms with Gasteiger partial charge >= 0.3 is 0 Å². The van der Waals surface area contributed by atoms with Gasteiger partial charge in [-0.05, 0) is 31.3 Å². The molecule has 118 valence electrons. The van der Waals surface area contributed by atoms with Crippen molar-refractivity contribution in [2.75, 3.05) is 29.7 Å². The first-order chi connectivity index (χ1) is 10.5. The Bertz CT molecular complexity index is 749. The van der Waals surface area contributed by atoms with Gasteiger partial charge in [0.05, 0.1) is 23.6 Å². The summed E-state index contributed by atoms with van der Waals surface area (Å²) >= 11 is 5.59. The maximum atomic E-state index is 12.0. The highest BCUT2D eigenvalue weighted by molar-refractivity contribution is 7.91. The van der Waals surface area contributed by atoms with Gasteiger partial charge < -0.3 is 19.3 Å². The van der Waals surface area contributed by atoms with Crippen LogP contribution < -0.4 is 14.4 Å². The van der Waals surface area contributed by atoms with Crippen LogP contribution in [0.5, 0.6) is 11.5 Å². The van der Waals surface area contributed by atoms with Crippen molar-refractivity contribution in [3.05, 3.63) is 18.2 Å². The van der Waals surface area contributed by atoms with Gasteiger partial charge in [-0.2, -0.15) is 0 Å². The van der Waals surface area contributed by atoms with E-state index in [1.807, 2.05) is 34.9 Å². The van der Waals surface area contributed by atoms with Gasteiger partial charge in [0.2, 0.25) is 6.79 Å². The molecule has 0 N–H and O–H groups in total. The first-order valence-corrected chi connectivity index (χ1v) is 9.43. The second-order valence-corrected chi connectivity index (χ2v) is 8.21. The van der Waals surface area contributed by atoms with Gasteiger partial charge in [0.25, 0.3) is 0 Å². The number of fused-ring (bicyclic) bond motifs is 2. The van der Waals surface area contributed by atoms with E-state index < -0.39 is 9.84 Å². The van der Waals surface area contributed by atoms with Crippen molar-refractivity contribution in [2.24, 2.45) is 0 Å². The molecule has 2 fully saturated rings. The maximum absolute atomic E-state index is 12.0. The number of ether oxygens (including phenoxy) is 2. The van der Waals surface area contributed by atoms with Crippen LogP contribution in [0.15, 0.2) is 18.2 Å². The maximum Gasteiger partial charge on any atom is 0.231 e. The highest BCUT2D eigenvalue weighted by Crippen LogP contribution is 2.40. The van der Waals surface area contributed by atoms with E-state index in [9.17, 15) is 8.42 Å². The summed E-state index contributed by atoms with van der Waals surface area (Å²) in [5.41, 5.74) is 0.859. The van der Waals surface area contributed by atoms with Crippen LogP contribution in [0, 0.1) is 0 Å². The molecule has 8 heteroatoms. The van der Waals surface area contributed by atoms with E-state index in [2.05, 4.69) is 0 Å². The van der Waals surface area contributed by atoms with Crippen molar-refractivity contribution in [1.29, 1.82) is 0 Å². The van der Waals surface area contributed by atoms with Crippen molar-refractivity contribution in [3.8, 4) is 11.5 Å². The zero-order valence-corrected chi connectivity index (χ0v) is 13.7. The molecule has 2 saturated heterocycles. The molecule has 22 heavy (non-hydrogen) atoms. The van der Waals surface area contributed by atoms with Crippen LogP contribution in [0.2, 0.25) is 0 Å². The van der Waals surface area contributed by atoms with Crippen LogP contribution in [0.4, 0.5) is 5.69 Å². The lowest BCUT2D eigenvalue weighted by Crippen LogP contribution is -2.37. The number of likely N-dealkylation sites (N-methyl/N-ethyl adjacent to an activating group) is 1. The molecule has 0 bridgehead atoms. The Balaban J connectivity index is 1.75. The number of thiocarbonyl (C=S) groups is 1. The molecule has 3 heterocycles. The summed E-state index contributed by atoms with van der Waals surface area (Å²) in [4.78, 5) is 3.96. The zero-order chi connectivity index (χ0) is 15.5. The predicted octanol–water partition coefficient (Wildman–Crippen LogP) is 1.01. The lowest BCUT2D eigenvalue weighted by Gasteiger charge is -2.25. The highest BCUT2D eigenvalue weighted by atomic mass is 32.2. The standard InChI is InChI=1S/C14H16N2O4S2/c1-2-15-10-6-22(17,18)7-11(10)16(14(15)21)9-3-4-12-13(5-9)20-8-19-12/h3-5,10-11H,2,6-8H2,1H3/t10-,11+/m1/s1. The summed E-state index contributed by atoms with van der Waals surface area (Å²) in [5, 5.41) is 0.686. The first kappa shape index (κ1) is 14.1. The molecule has 0 unspecified atom stereocenters. The predicted molar refractivity (Wildman–Crippen MR) is 86.3 cm³/mol. The fourth-order valence-electron chi connectivity index (χ4n) is 3.48. The van der Waals surface area contributed by atoms with Gasteiger partial charge in [-0.15, -0.1) is 0 Å². The molecule has 0 aromatic heterocycles. The Morgan fingerprint density at radius 2 is 1.95 bits per heavy atom. The summed E-state index contributed by atoms with van der Waals surface area (Å²) in [6.45, 7) is 2.92. The number of rotatable bonds is 2. The minimum atomic E-state index is -3.02. The number of hydrogen-bond acceptors (Lipinski definition) is 5. The summed E-state index contributed by atoms with van der Waals surface area (Å²) in [7, 11) is -3.02. The van der Waals surface area contributed by atoms with Crippen LogP contribution in [0.3, 0.4) is 0 Å². The minimum Gasteiger partial charge on any atom is -0.454 e. The minimum absolute atomic E-state index is 0.0621. The largest absolute Gasteiger partial charge is 0.454 e. The third-order valence-electron chi connectivity index (χ3n) is 4.45. The summed E-state index contributed by atoms with van der Waals surface area (Å²) in [6, 6.07) is 5.43. The van der Waals surface area contributed by atoms with Gasteiger partial charge in [0.15, 0.2) is 26.4 Å². The Labute approximate surface area is 134 Å². The monoisotopic (exact) mass is 340 g/mol. The van der Waals surface area contributed by atoms with E-state index in [0.29, 0.717) is 23.2 Å². The number of nitrogens with zero attached hydrogens (tertiary/aromatic N) is 2. The van der Waals surface area contributed by atoms with Gasteiger partial charge in [0.1, 0.15) is 0 Å². The normalized spacial score (nSPS) is 28.3. The number of benzene rings is 1. The summed E-state index contributed by atoms with van der Waals surface area (Å²) in [6.07, 6.45) is 0. The lowest BCUT2D eigenvalue weighted by atomic mass is 10.1. The molecule has 0 radical (unpaired) electrons. The topological polar surface area (TPSA) is 59.1 Å². The smallest absolute Gasteiger partial charge is 0.231 e. The molecule has 0 aliphatic carbocycles. The van der Waals surface area contributed by atoms with Crippen molar-refractivity contribution in [1.82, 2.24) is 4.90 Å². The SMILES string of the molecule is CCN1C(=S)N(c2ccc3c(c2)OCO3)[C@H]2CS(=O)(=O)C[C@H]21. The number of anilines is 1. The van der Waals surface area contributed by atoms with Gasteiger partial charge in [-0.3, -0.25) is 0 Å². The van der Waals surface area contributed by atoms with E-state index in [-0.39, 0.29) is 30.4 Å². The van der Waals surface area contributed by atoms with E-state index in [4.69, 9.17) is 21.7 Å². The van der Waals surface area contributed by atoms with Crippen molar-refractivity contribution >= 4 is 32.9 Å². The van der Waals surface area contributed by atoms with Crippen molar-refractivity contribution in [3.63, 3.8) is 0 Å². The molecule has 0 spiro atoms. The van der Waals surface area contributed by atoms with Crippen LogP contribution >= 0.6 is 12.2 Å². The molecular weight excluding hydrogens is 324 g/mol. The quantitative estimate of drug-likeness (QED) is 0.745. The van der Waals surface area contributed by atoms with E-state index in [1.54, 1.807) is 0 Å². The number of hydrogen-bond donors (Lipinski definition) is 0. The molecule has 4 rings (SSSR count). The third-order valence-corrected chi connectivity index (χ3v) is 6.58. The van der Waals surface area contributed by atoms with Gasteiger partial charge in [-0.25, -0.2) is 8.42 Å². The molecule has 6 nitrogen and oxygen atoms in total. The van der Waals surface area contributed by atoms with E-state index in [0.717, 1.165) is 5.69 Å². The third kappa shape index (κ3) is 1.97. The van der Waals surface area contributed by atoms with E-state index in [1.165, 1.54) is 0 Å². The Kier molecular flexibility index (Phi) is 3.02. The van der Waals surface area contributed by atoms with E-state index >= 15 is 0 Å². The van der Waals surface area contributed by atoms with Crippen LogP contribution in [-0.4, -0.2) is 55.4 Å².